The third-order valence-corrected chi connectivity index (χ3v) is 5.09. The molecule has 8 nitrogen and oxygen atoms in total. The van der Waals surface area contributed by atoms with Crippen molar-refractivity contribution in [3.05, 3.63) is 18.2 Å². The van der Waals surface area contributed by atoms with Crippen LogP contribution in [0.25, 0.3) is 0 Å². The number of sulfonamides is 1. The first-order chi connectivity index (χ1) is 11.3. The molecular weight excluding hydrogens is 334 g/mol. The van der Waals surface area contributed by atoms with Crippen LogP contribution in [-0.4, -0.2) is 58.9 Å². The summed E-state index contributed by atoms with van der Waals surface area (Å²) in [4.78, 5) is 26.3. The van der Waals surface area contributed by atoms with Gasteiger partial charge in [-0.1, -0.05) is 0 Å². The van der Waals surface area contributed by atoms with E-state index in [0.29, 0.717) is 18.0 Å². The topological polar surface area (TPSA) is 96.0 Å². The van der Waals surface area contributed by atoms with E-state index in [1.165, 1.54) is 28.0 Å². The van der Waals surface area contributed by atoms with E-state index in [9.17, 15) is 18.0 Å². The maximum Gasteiger partial charge on any atom is 0.265 e. The van der Waals surface area contributed by atoms with Crippen LogP contribution in [0.3, 0.4) is 0 Å². The van der Waals surface area contributed by atoms with Crippen molar-refractivity contribution in [1.29, 1.82) is 0 Å². The Balaban J connectivity index is 2.18. The number of carbonyl (C=O) groups is 2. The summed E-state index contributed by atoms with van der Waals surface area (Å²) in [5, 5.41) is 0. The second-order valence-corrected chi connectivity index (χ2v) is 7.26. The summed E-state index contributed by atoms with van der Waals surface area (Å²) in [6.07, 6.45) is 0.0693. The third kappa shape index (κ3) is 3.85. The summed E-state index contributed by atoms with van der Waals surface area (Å²) in [7, 11) is -0.563. The normalized spacial score (nSPS) is 14.1. The van der Waals surface area contributed by atoms with Crippen molar-refractivity contribution in [2.24, 2.45) is 0 Å². The van der Waals surface area contributed by atoms with Gasteiger partial charge in [-0.15, -0.1) is 0 Å². The molecule has 1 aromatic rings. The van der Waals surface area contributed by atoms with Crippen molar-refractivity contribution >= 4 is 27.5 Å². The molecule has 1 heterocycles. The second-order valence-electron chi connectivity index (χ2n) is 5.49. The van der Waals surface area contributed by atoms with Crippen molar-refractivity contribution in [3.63, 3.8) is 0 Å². The van der Waals surface area contributed by atoms with Gasteiger partial charge in [-0.25, -0.2) is 13.1 Å². The lowest BCUT2D eigenvalue weighted by molar-refractivity contribution is -0.128. The molecule has 9 heteroatoms. The maximum absolute atomic E-state index is 12.4. The van der Waals surface area contributed by atoms with E-state index in [-0.39, 0.29) is 36.3 Å². The van der Waals surface area contributed by atoms with Crippen molar-refractivity contribution in [2.75, 3.05) is 38.7 Å². The van der Waals surface area contributed by atoms with Gasteiger partial charge in [-0.05, 0) is 25.1 Å². The standard InChI is InChI=1S/C15H21N3O5S/c1-4-18-12-9-11(5-6-13(12)23-10-15(18)20)24(21,22)16-8-7-14(19)17(2)3/h5-6,9,16H,4,7-8,10H2,1-3H3. The second kappa shape index (κ2) is 7.18. The highest BCUT2D eigenvalue weighted by Crippen LogP contribution is 2.33. The number of ether oxygens (including phenoxy) is 1. The van der Waals surface area contributed by atoms with Crippen molar-refractivity contribution in [3.8, 4) is 5.75 Å². The fourth-order valence-electron chi connectivity index (χ4n) is 2.30. The molecule has 0 spiro atoms. The van der Waals surface area contributed by atoms with E-state index in [1.54, 1.807) is 21.0 Å². The fraction of sp³-hybridized carbons (Fsp3) is 0.467. The van der Waals surface area contributed by atoms with Crippen LogP contribution in [0.4, 0.5) is 5.69 Å². The summed E-state index contributed by atoms with van der Waals surface area (Å²) in [5.41, 5.74) is 0.431. The van der Waals surface area contributed by atoms with Gasteiger partial charge >= 0.3 is 0 Å². The highest BCUT2D eigenvalue weighted by atomic mass is 32.2. The quantitative estimate of drug-likeness (QED) is 0.786. The SMILES string of the molecule is CCN1C(=O)COc2ccc(S(=O)(=O)NCCC(=O)N(C)C)cc21. The minimum Gasteiger partial charge on any atom is -0.482 e. The highest BCUT2D eigenvalue weighted by molar-refractivity contribution is 7.89. The van der Waals surface area contributed by atoms with Gasteiger partial charge in [0.05, 0.1) is 10.6 Å². The Morgan fingerprint density at radius 2 is 2.08 bits per heavy atom. The molecule has 1 aliphatic rings. The lowest BCUT2D eigenvalue weighted by atomic mass is 10.2. The molecule has 24 heavy (non-hydrogen) atoms. The smallest absolute Gasteiger partial charge is 0.265 e. The molecule has 0 saturated carbocycles. The van der Waals surface area contributed by atoms with Crippen LogP contribution < -0.4 is 14.4 Å². The molecule has 132 valence electrons. The summed E-state index contributed by atoms with van der Waals surface area (Å²) >= 11 is 0. The van der Waals surface area contributed by atoms with Crippen molar-refractivity contribution in [1.82, 2.24) is 9.62 Å². The molecule has 2 rings (SSSR count). The zero-order valence-corrected chi connectivity index (χ0v) is 14.7. The summed E-state index contributed by atoms with van der Waals surface area (Å²) in [6.45, 7) is 2.17. The number of hydrogen-bond acceptors (Lipinski definition) is 5. The molecule has 0 radical (unpaired) electrons. The molecule has 0 aromatic heterocycles. The number of carbonyl (C=O) groups excluding carboxylic acids is 2. The lowest BCUT2D eigenvalue weighted by Gasteiger charge is -2.28. The number of nitrogens with one attached hydrogen (secondary N) is 1. The summed E-state index contributed by atoms with van der Waals surface area (Å²) in [5.74, 6) is 0.0848. The average Bonchev–Trinajstić information content (AvgIpc) is 2.53. The molecule has 0 bridgehead atoms. The fourth-order valence-corrected chi connectivity index (χ4v) is 3.35. The van der Waals surface area contributed by atoms with E-state index >= 15 is 0 Å². The predicted molar refractivity (Wildman–Crippen MR) is 88.5 cm³/mol. The Labute approximate surface area is 141 Å². The number of benzene rings is 1. The van der Waals surface area contributed by atoms with E-state index in [2.05, 4.69) is 4.72 Å². The number of rotatable bonds is 6. The largest absolute Gasteiger partial charge is 0.482 e. The van der Waals surface area contributed by atoms with Crippen molar-refractivity contribution < 1.29 is 22.7 Å². The Morgan fingerprint density at radius 1 is 1.38 bits per heavy atom. The molecule has 0 aliphatic carbocycles. The molecule has 0 saturated heterocycles. The van der Waals surface area contributed by atoms with Crippen LogP contribution >= 0.6 is 0 Å². The first-order valence-electron chi connectivity index (χ1n) is 7.53. The number of amides is 2. The van der Waals surface area contributed by atoms with Gasteiger partial charge in [0, 0.05) is 33.6 Å². The monoisotopic (exact) mass is 355 g/mol. The van der Waals surface area contributed by atoms with Gasteiger partial charge < -0.3 is 14.5 Å². The Kier molecular flexibility index (Phi) is 5.45. The zero-order chi connectivity index (χ0) is 17.9. The van der Waals surface area contributed by atoms with Crippen LogP contribution in [0.5, 0.6) is 5.75 Å². The third-order valence-electron chi connectivity index (χ3n) is 3.63. The molecule has 1 aromatic carbocycles. The predicted octanol–water partition coefficient (Wildman–Crippen LogP) is 0.189. The average molecular weight is 355 g/mol. The maximum atomic E-state index is 12.4. The molecular formula is C15H21N3O5S. The van der Waals surface area contributed by atoms with E-state index in [4.69, 9.17) is 4.74 Å². The number of likely N-dealkylation sites (N-methyl/N-ethyl adjacent to an activating group) is 1. The van der Waals surface area contributed by atoms with E-state index in [1.807, 2.05) is 0 Å². The molecule has 0 unspecified atom stereocenters. The summed E-state index contributed by atoms with van der Waals surface area (Å²) < 4.78 is 32.4. The van der Waals surface area contributed by atoms with Crippen LogP contribution in [0.1, 0.15) is 13.3 Å². The number of nitrogens with zero attached hydrogens (tertiary/aromatic N) is 2. The Bertz CT molecular complexity index is 745. The highest BCUT2D eigenvalue weighted by Gasteiger charge is 2.26. The Hall–Kier alpha value is -2.13. The van der Waals surface area contributed by atoms with Gasteiger partial charge in [0.1, 0.15) is 5.75 Å². The van der Waals surface area contributed by atoms with E-state index < -0.39 is 10.0 Å². The van der Waals surface area contributed by atoms with Crippen LogP contribution in [0.2, 0.25) is 0 Å². The van der Waals surface area contributed by atoms with Crippen molar-refractivity contribution in [2.45, 2.75) is 18.2 Å². The lowest BCUT2D eigenvalue weighted by Crippen LogP contribution is -2.38. The van der Waals surface area contributed by atoms with Gasteiger partial charge in [-0.3, -0.25) is 9.59 Å². The molecule has 1 aliphatic heterocycles. The first-order valence-corrected chi connectivity index (χ1v) is 9.01. The van der Waals surface area contributed by atoms with Gasteiger partial charge in [-0.2, -0.15) is 0 Å². The summed E-state index contributed by atoms with van der Waals surface area (Å²) in [6, 6.07) is 4.36. The molecule has 0 fully saturated rings. The molecule has 0 atom stereocenters. The van der Waals surface area contributed by atoms with Crippen LogP contribution in [0, 0.1) is 0 Å². The van der Waals surface area contributed by atoms with Gasteiger partial charge in [0.15, 0.2) is 6.61 Å². The minimum absolute atomic E-state index is 0.00333. The zero-order valence-electron chi connectivity index (χ0n) is 13.9. The molecule has 1 N–H and O–H groups in total. The van der Waals surface area contributed by atoms with Gasteiger partial charge in [0.2, 0.25) is 15.9 Å². The van der Waals surface area contributed by atoms with E-state index in [0.717, 1.165) is 0 Å². The van der Waals surface area contributed by atoms with Gasteiger partial charge in [0.25, 0.3) is 5.91 Å². The van der Waals surface area contributed by atoms with Crippen LogP contribution in [-0.2, 0) is 19.6 Å². The number of hydrogen-bond donors (Lipinski definition) is 1. The number of fused-ring (bicyclic) bond motifs is 1. The minimum atomic E-state index is -3.78. The number of anilines is 1. The van der Waals surface area contributed by atoms with Crippen LogP contribution in [0.15, 0.2) is 23.1 Å². The Morgan fingerprint density at radius 3 is 2.71 bits per heavy atom. The molecule has 2 amide bonds. The first kappa shape index (κ1) is 18.2.